The summed E-state index contributed by atoms with van der Waals surface area (Å²) in [6.45, 7) is 5.38. The number of anilines is 1. The minimum Gasteiger partial charge on any atom is -0.426 e. The van der Waals surface area contributed by atoms with Crippen LogP contribution in [0.5, 0.6) is 5.75 Å². The zero-order chi connectivity index (χ0) is 24.4. The molecule has 0 amide bonds. The van der Waals surface area contributed by atoms with Gasteiger partial charge in [-0.15, -0.1) is 0 Å². The molecule has 7 heteroatoms. The topological polar surface area (TPSA) is 66.9 Å². The summed E-state index contributed by atoms with van der Waals surface area (Å²) in [7, 11) is -3.54. The predicted molar refractivity (Wildman–Crippen MR) is 137 cm³/mol. The summed E-state index contributed by atoms with van der Waals surface area (Å²) in [6.07, 6.45) is 7.61. The maximum atomic E-state index is 13.3. The number of rotatable bonds is 7. The fraction of sp³-hybridized carbons (Fsp3) is 0.536. The summed E-state index contributed by atoms with van der Waals surface area (Å²) >= 11 is 0. The van der Waals surface area contributed by atoms with Crippen LogP contribution >= 0.6 is 0 Å². The Morgan fingerprint density at radius 2 is 1.49 bits per heavy atom. The molecular weight excluding hydrogens is 460 g/mol. The molecule has 0 radical (unpaired) electrons. The molecule has 1 aliphatic carbocycles. The highest BCUT2D eigenvalue weighted by atomic mass is 32.2. The molecule has 35 heavy (non-hydrogen) atoms. The van der Waals surface area contributed by atoms with Crippen molar-refractivity contribution < 1.29 is 17.9 Å². The minimum atomic E-state index is -3.54. The molecule has 3 saturated heterocycles. The van der Waals surface area contributed by atoms with Gasteiger partial charge >= 0.3 is 5.97 Å². The van der Waals surface area contributed by atoms with E-state index in [2.05, 4.69) is 17.0 Å². The molecule has 2 aromatic rings. The van der Waals surface area contributed by atoms with E-state index in [0.29, 0.717) is 37.1 Å². The fourth-order valence-corrected chi connectivity index (χ4v) is 7.48. The van der Waals surface area contributed by atoms with Crippen LogP contribution in [0.15, 0.2) is 53.4 Å². The van der Waals surface area contributed by atoms with Crippen molar-refractivity contribution >= 4 is 21.7 Å². The molecule has 0 aromatic heterocycles. The lowest BCUT2D eigenvalue weighted by molar-refractivity contribution is -0.136. The lowest BCUT2D eigenvalue weighted by Crippen LogP contribution is -2.34. The van der Waals surface area contributed by atoms with Crippen molar-refractivity contribution in [3.63, 3.8) is 0 Å². The molecule has 2 aromatic carbocycles. The Balaban J connectivity index is 1.24. The fourth-order valence-electron chi connectivity index (χ4n) is 5.89. The van der Waals surface area contributed by atoms with E-state index in [4.69, 9.17) is 4.74 Å². The molecule has 1 saturated carbocycles. The summed E-state index contributed by atoms with van der Waals surface area (Å²) in [6, 6.07) is 14.5. The van der Waals surface area contributed by atoms with Gasteiger partial charge in [0.2, 0.25) is 10.0 Å². The van der Waals surface area contributed by atoms with Gasteiger partial charge in [-0.05, 0) is 98.7 Å². The lowest BCUT2D eigenvalue weighted by atomic mass is 9.84. The lowest BCUT2D eigenvalue weighted by Gasteiger charge is -2.22. The number of ether oxygens (including phenoxy) is 1. The van der Waals surface area contributed by atoms with E-state index in [1.54, 1.807) is 28.6 Å². The summed E-state index contributed by atoms with van der Waals surface area (Å²) in [5.74, 6) is 0.634. The predicted octanol–water partition coefficient (Wildman–Crippen LogP) is 5.20. The largest absolute Gasteiger partial charge is 0.426 e. The van der Waals surface area contributed by atoms with Gasteiger partial charge in [-0.3, -0.25) is 4.79 Å². The number of carbonyl (C=O) groups is 1. The van der Waals surface area contributed by atoms with E-state index in [1.807, 2.05) is 19.1 Å². The maximum Gasteiger partial charge on any atom is 0.318 e. The average molecular weight is 497 g/mol. The third-order valence-corrected chi connectivity index (χ3v) is 9.88. The highest BCUT2D eigenvalue weighted by Crippen LogP contribution is 2.36. The van der Waals surface area contributed by atoms with Crippen LogP contribution in [0.4, 0.5) is 5.69 Å². The molecule has 188 valence electrons. The summed E-state index contributed by atoms with van der Waals surface area (Å²) in [5, 5.41) is 0. The monoisotopic (exact) mass is 496 g/mol. The van der Waals surface area contributed by atoms with E-state index in [9.17, 15) is 13.2 Å². The van der Waals surface area contributed by atoms with Crippen LogP contribution in [0.2, 0.25) is 0 Å². The number of sulfonamides is 1. The number of hydrogen-bond acceptors (Lipinski definition) is 5. The molecule has 1 atom stereocenters. The van der Waals surface area contributed by atoms with Gasteiger partial charge in [0.25, 0.3) is 0 Å². The minimum absolute atomic E-state index is 0.267. The number of esters is 1. The average Bonchev–Trinajstić information content (AvgIpc) is 3.23. The normalized spacial score (nSPS) is 23.7. The first kappa shape index (κ1) is 24.3. The van der Waals surface area contributed by atoms with Crippen LogP contribution in [-0.4, -0.2) is 44.9 Å². The second-order valence-electron chi connectivity index (χ2n) is 10.3. The van der Waals surface area contributed by atoms with Crippen molar-refractivity contribution in [3.8, 4) is 5.75 Å². The molecule has 4 fully saturated rings. The molecule has 4 aliphatic rings. The first-order chi connectivity index (χ1) is 16.9. The quantitative estimate of drug-likeness (QED) is 0.390. The second-order valence-corrected chi connectivity index (χ2v) is 12.3. The van der Waals surface area contributed by atoms with Crippen LogP contribution in [0.1, 0.15) is 63.4 Å². The molecule has 1 unspecified atom stereocenters. The van der Waals surface area contributed by atoms with E-state index in [0.717, 1.165) is 44.3 Å². The van der Waals surface area contributed by atoms with Crippen LogP contribution in [0.3, 0.4) is 0 Å². The number of benzene rings is 2. The van der Waals surface area contributed by atoms with Gasteiger partial charge in [0.1, 0.15) is 5.75 Å². The highest BCUT2D eigenvalue weighted by molar-refractivity contribution is 7.89. The third-order valence-electron chi connectivity index (χ3n) is 8.03. The Morgan fingerprint density at radius 1 is 0.914 bits per heavy atom. The first-order valence-corrected chi connectivity index (χ1v) is 14.5. The van der Waals surface area contributed by atoms with Crippen LogP contribution in [0, 0.1) is 11.8 Å². The Bertz CT molecular complexity index is 1100. The number of nitrogens with zero attached hydrogens (tertiary/aromatic N) is 2. The SMILES string of the molecule is CCC(C(=O)Oc1ccc(S(=O)(=O)N2CC3CCC(CC3)C2)cc1)c1ccc(N2CCCC2)cc1. The Morgan fingerprint density at radius 3 is 2.03 bits per heavy atom. The van der Waals surface area contributed by atoms with E-state index >= 15 is 0 Å². The Kier molecular flexibility index (Phi) is 7.17. The highest BCUT2D eigenvalue weighted by Gasteiger charge is 2.35. The van der Waals surface area contributed by atoms with Gasteiger partial charge in [-0.1, -0.05) is 19.1 Å². The first-order valence-electron chi connectivity index (χ1n) is 13.1. The molecule has 0 spiro atoms. The van der Waals surface area contributed by atoms with Crippen LogP contribution < -0.4 is 9.64 Å². The molecule has 0 N–H and O–H groups in total. The van der Waals surface area contributed by atoms with Crippen molar-refractivity contribution in [2.24, 2.45) is 11.8 Å². The van der Waals surface area contributed by atoms with Crippen LogP contribution in [0.25, 0.3) is 0 Å². The van der Waals surface area contributed by atoms with E-state index in [1.165, 1.54) is 18.5 Å². The van der Waals surface area contributed by atoms with Crippen molar-refractivity contribution in [2.75, 3.05) is 31.1 Å². The van der Waals surface area contributed by atoms with Crippen molar-refractivity contribution in [2.45, 2.75) is 62.7 Å². The molecule has 3 heterocycles. The number of hydrogen-bond donors (Lipinski definition) is 0. The van der Waals surface area contributed by atoms with Crippen molar-refractivity contribution in [1.82, 2.24) is 4.31 Å². The third kappa shape index (κ3) is 5.26. The van der Waals surface area contributed by atoms with Crippen molar-refractivity contribution in [1.29, 1.82) is 0 Å². The number of fused-ring (bicyclic) bond motifs is 4. The molecule has 6 rings (SSSR count). The molecule has 3 aliphatic heterocycles. The summed E-state index contributed by atoms with van der Waals surface area (Å²) < 4.78 is 33.9. The molecule has 2 bridgehead atoms. The van der Waals surface area contributed by atoms with E-state index in [-0.39, 0.29) is 16.8 Å². The van der Waals surface area contributed by atoms with Gasteiger partial charge in [0, 0.05) is 31.9 Å². The zero-order valence-electron chi connectivity index (χ0n) is 20.6. The van der Waals surface area contributed by atoms with Gasteiger partial charge in [0.15, 0.2) is 0 Å². The van der Waals surface area contributed by atoms with Gasteiger partial charge in [0.05, 0.1) is 10.8 Å². The summed E-state index contributed by atoms with van der Waals surface area (Å²) in [4.78, 5) is 15.6. The van der Waals surface area contributed by atoms with Crippen molar-refractivity contribution in [3.05, 3.63) is 54.1 Å². The smallest absolute Gasteiger partial charge is 0.318 e. The van der Waals surface area contributed by atoms with Gasteiger partial charge in [-0.25, -0.2) is 8.42 Å². The molecular formula is C28H36N2O4S. The zero-order valence-corrected chi connectivity index (χ0v) is 21.4. The standard InChI is InChI=1S/C28H36N2O4S/c1-2-27(23-9-11-24(12-10-23)29-17-3-4-18-29)28(31)34-25-13-15-26(16-14-25)35(32,33)30-19-21-5-6-22(20-30)8-7-21/h9-16,21-22,27H,2-8,17-20H2,1H3. The van der Waals surface area contributed by atoms with Crippen LogP contribution in [-0.2, 0) is 14.8 Å². The second kappa shape index (κ2) is 10.3. The Labute approximate surface area is 209 Å². The van der Waals surface area contributed by atoms with Gasteiger partial charge in [-0.2, -0.15) is 4.31 Å². The Hall–Kier alpha value is -2.38. The van der Waals surface area contributed by atoms with Gasteiger partial charge < -0.3 is 9.64 Å². The summed E-state index contributed by atoms with van der Waals surface area (Å²) in [5.41, 5.74) is 2.14. The number of carbonyl (C=O) groups excluding carboxylic acids is 1. The maximum absolute atomic E-state index is 13.3. The molecule has 6 nitrogen and oxygen atoms in total. The van der Waals surface area contributed by atoms with E-state index < -0.39 is 10.0 Å².